The Morgan fingerprint density at radius 1 is 1.25 bits per heavy atom. The van der Waals surface area contributed by atoms with Crippen LogP contribution in [0, 0.1) is 0 Å². The number of nitrogens with one attached hydrogen (secondary N) is 1. The molecule has 0 aliphatic carbocycles. The van der Waals surface area contributed by atoms with Gasteiger partial charge in [0.15, 0.2) is 0 Å². The molecule has 4 heteroatoms. The van der Waals surface area contributed by atoms with Gasteiger partial charge in [-0.05, 0) is 37.0 Å². The van der Waals surface area contributed by atoms with Crippen LogP contribution in [0.15, 0.2) is 47.2 Å². The Morgan fingerprint density at radius 2 is 2.05 bits per heavy atom. The summed E-state index contributed by atoms with van der Waals surface area (Å²) in [7, 11) is 2.10. The normalized spacial score (nSPS) is 10.7. The van der Waals surface area contributed by atoms with Gasteiger partial charge in [0.05, 0.1) is 0 Å². The first-order valence-corrected chi connectivity index (χ1v) is 7.73. The highest BCUT2D eigenvalue weighted by atomic mass is 32.1. The van der Waals surface area contributed by atoms with E-state index in [9.17, 15) is 4.79 Å². The molecule has 1 amide bonds. The SMILES string of the molecule is CN(CCCNC(=O)c1ccsc1)Cc1ccccc1. The largest absolute Gasteiger partial charge is 0.352 e. The summed E-state index contributed by atoms with van der Waals surface area (Å²) in [6.07, 6.45) is 0.958. The molecule has 0 unspecified atom stereocenters. The third-order valence-corrected chi connectivity index (χ3v) is 3.76. The van der Waals surface area contributed by atoms with E-state index in [0.717, 1.165) is 25.1 Å². The van der Waals surface area contributed by atoms with Crippen LogP contribution in [0.2, 0.25) is 0 Å². The van der Waals surface area contributed by atoms with Crippen LogP contribution >= 0.6 is 11.3 Å². The zero-order chi connectivity index (χ0) is 14.2. The Bertz CT molecular complexity index is 511. The van der Waals surface area contributed by atoms with E-state index in [1.54, 1.807) is 11.3 Å². The molecule has 0 aliphatic heterocycles. The molecule has 0 bridgehead atoms. The van der Waals surface area contributed by atoms with Gasteiger partial charge >= 0.3 is 0 Å². The summed E-state index contributed by atoms with van der Waals surface area (Å²) in [6, 6.07) is 12.3. The van der Waals surface area contributed by atoms with E-state index < -0.39 is 0 Å². The molecule has 0 atom stereocenters. The molecule has 2 rings (SSSR count). The molecule has 2 aromatic rings. The lowest BCUT2D eigenvalue weighted by atomic mass is 10.2. The van der Waals surface area contributed by atoms with Crippen molar-refractivity contribution in [2.45, 2.75) is 13.0 Å². The van der Waals surface area contributed by atoms with E-state index in [0.29, 0.717) is 6.54 Å². The van der Waals surface area contributed by atoms with E-state index in [1.807, 2.05) is 22.9 Å². The van der Waals surface area contributed by atoms with E-state index in [1.165, 1.54) is 5.56 Å². The summed E-state index contributed by atoms with van der Waals surface area (Å²) in [4.78, 5) is 14.0. The topological polar surface area (TPSA) is 32.3 Å². The van der Waals surface area contributed by atoms with Crippen molar-refractivity contribution in [3.63, 3.8) is 0 Å². The maximum Gasteiger partial charge on any atom is 0.252 e. The lowest BCUT2D eigenvalue weighted by molar-refractivity contribution is 0.0952. The molecule has 20 heavy (non-hydrogen) atoms. The van der Waals surface area contributed by atoms with Crippen LogP contribution in [0.25, 0.3) is 0 Å². The molecule has 1 heterocycles. The minimum atomic E-state index is 0.0250. The molecule has 106 valence electrons. The molecule has 0 saturated carbocycles. The first-order chi connectivity index (χ1) is 9.75. The molecular weight excluding hydrogens is 268 g/mol. The van der Waals surface area contributed by atoms with Gasteiger partial charge in [-0.15, -0.1) is 0 Å². The number of hydrogen-bond donors (Lipinski definition) is 1. The predicted octanol–water partition coefficient (Wildman–Crippen LogP) is 3.00. The molecule has 1 aromatic heterocycles. The van der Waals surface area contributed by atoms with Gasteiger partial charge in [0.25, 0.3) is 5.91 Å². The van der Waals surface area contributed by atoms with Crippen molar-refractivity contribution in [3.8, 4) is 0 Å². The second-order valence-corrected chi connectivity index (χ2v) is 5.62. The summed E-state index contributed by atoms with van der Waals surface area (Å²) >= 11 is 1.54. The fourth-order valence-corrected chi connectivity index (χ4v) is 2.66. The van der Waals surface area contributed by atoms with Gasteiger partial charge in [0, 0.05) is 24.0 Å². The van der Waals surface area contributed by atoms with Crippen LogP contribution < -0.4 is 5.32 Å². The first-order valence-electron chi connectivity index (χ1n) is 6.78. The number of thiophene rings is 1. The van der Waals surface area contributed by atoms with E-state index in [4.69, 9.17) is 0 Å². The second-order valence-electron chi connectivity index (χ2n) is 4.84. The number of carbonyl (C=O) groups is 1. The maximum absolute atomic E-state index is 11.7. The fraction of sp³-hybridized carbons (Fsp3) is 0.312. The molecule has 0 spiro atoms. The lowest BCUT2D eigenvalue weighted by Gasteiger charge is -2.16. The minimum absolute atomic E-state index is 0.0250. The minimum Gasteiger partial charge on any atom is -0.352 e. The molecule has 0 fully saturated rings. The highest BCUT2D eigenvalue weighted by Gasteiger charge is 2.05. The van der Waals surface area contributed by atoms with Gasteiger partial charge < -0.3 is 10.2 Å². The predicted molar refractivity (Wildman–Crippen MR) is 84.0 cm³/mol. The lowest BCUT2D eigenvalue weighted by Crippen LogP contribution is -2.27. The summed E-state index contributed by atoms with van der Waals surface area (Å²) in [5.41, 5.74) is 2.07. The van der Waals surface area contributed by atoms with Crippen molar-refractivity contribution in [3.05, 3.63) is 58.3 Å². The maximum atomic E-state index is 11.7. The quantitative estimate of drug-likeness (QED) is 0.794. The van der Waals surface area contributed by atoms with Gasteiger partial charge in [-0.1, -0.05) is 30.3 Å². The fourth-order valence-electron chi connectivity index (χ4n) is 2.02. The van der Waals surface area contributed by atoms with Gasteiger partial charge in [-0.25, -0.2) is 0 Å². The molecule has 0 radical (unpaired) electrons. The number of amides is 1. The van der Waals surface area contributed by atoms with Crippen molar-refractivity contribution in [1.29, 1.82) is 0 Å². The number of hydrogen-bond acceptors (Lipinski definition) is 3. The Morgan fingerprint density at radius 3 is 2.75 bits per heavy atom. The Balaban J connectivity index is 1.62. The van der Waals surface area contributed by atoms with Crippen molar-refractivity contribution in [2.75, 3.05) is 20.1 Å². The first kappa shape index (κ1) is 14.8. The number of nitrogens with zero attached hydrogens (tertiary/aromatic N) is 1. The Hall–Kier alpha value is -1.65. The van der Waals surface area contributed by atoms with Gasteiger partial charge in [-0.3, -0.25) is 4.79 Å². The molecule has 1 N–H and O–H groups in total. The van der Waals surface area contributed by atoms with E-state index >= 15 is 0 Å². The smallest absolute Gasteiger partial charge is 0.252 e. The third-order valence-electron chi connectivity index (χ3n) is 3.08. The van der Waals surface area contributed by atoms with Crippen LogP contribution in [-0.4, -0.2) is 30.9 Å². The number of rotatable bonds is 7. The van der Waals surface area contributed by atoms with Crippen molar-refractivity contribution < 1.29 is 4.79 Å². The highest BCUT2D eigenvalue weighted by Crippen LogP contribution is 2.05. The monoisotopic (exact) mass is 288 g/mol. The Kier molecular flexibility index (Phi) is 5.77. The molecule has 3 nitrogen and oxygen atoms in total. The molecule has 0 aliphatic rings. The number of carbonyl (C=O) groups excluding carboxylic acids is 1. The van der Waals surface area contributed by atoms with Gasteiger partial charge in [-0.2, -0.15) is 11.3 Å². The zero-order valence-corrected chi connectivity index (χ0v) is 12.5. The average Bonchev–Trinajstić information content (AvgIpc) is 2.99. The van der Waals surface area contributed by atoms with Crippen molar-refractivity contribution in [2.24, 2.45) is 0 Å². The third kappa shape index (κ3) is 4.79. The van der Waals surface area contributed by atoms with Crippen molar-refractivity contribution >= 4 is 17.2 Å². The van der Waals surface area contributed by atoms with Gasteiger partial charge in [0.1, 0.15) is 0 Å². The molecule has 1 aromatic carbocycles. The van der Waals surface area contributed by atoms with Crippen molar-refractivity contribution in [1.82, 2.24) is 10.2 Å². The molecular formula is C16H20N2OS. The Labute approximate surface area is 124 Å². The van der Waals surface area contributed by atoms with E-state index in [2.05, 4.69) is 41.5 Å². The summed E-state index contributed by atoms with van der Waals surface area (Å²) < 4.78 is 0. The molecule has 0 saturated heterocycles. The van der Waals surface area contributed by atoms with Gasteiger partial charge in [0.2, 0.25) is 0 Å². The van der Waals surface area contributed by atoms with Crippen LogP contribution in [0.4, 0.5) is 0 Å². The summed E-state index contributed by atoms with van der Waals surface area (Å²) in [5, 5.41) is 6.74. The van der Waals surface area contributed by atoms with Crippen LogP contribution in [0.5, 0.6) is 0 Å². The van der Waals surface area contributed by atoms with Crippen LogP contribution in [0.3, 0.4) is 0 Å². The second kappa shape index (κ2) is 7.82. The highest BCUT2D eigenvalue weighted by molar-refractivity contribution is 7.08. The zero-order valence-electron chi connectivity index (χ0n) is 11.7. The average molecular weight is 288 g/mol. The van der Waals surface area contributed by atoms with Crippen LogP contribution in [0.1, 0.15) is 22.3 Å². The summed E-state index contributed by atoms with van der Waals surface area (Å²) in [6.45, 7) is 2.63. The standard InChI is InChI=1S/C16H20N2OS/c1-18(12-14-6-3-2-4-7-14)10-5-9-17-16(19)15-8-11-20-13-15/h2-4,6-8,11,13H,5,9-10,12H2,1H3,(H,17,19). The number of benzene rings is 1. The summed E-state index contributed by atoms with van der Waals surface area (Å²) in [5.74, 6) is 0.0250. The van der Waals surface area contributed by atoms with E-state index in [-0.39, 0.29) is 5.91 Å². The van der Waals surface area contributed by atoms with Crippen LogP contribution in [-0.2, 0) is 6.54 Å².